The van der Waals surface area contributed by atoms with Crippen LogP contribution in [0.3, 0.4) is 0 Å². The Morgan fingerprint density at radius 1 is 1.43 bits per heavy atom. The van der Waals surface area contributed by atoms with Crippen LogP contribution < -0.4 is 5.32 Å². The molecule has 0 bridgehead atoms. The number of carbonyl (C=O) groups excluding carboxylic acids is 1. The molecule has 0 aromatic carbocycles. The molecule has 0 saturated carbocycles. The molecule has 2 rings (SSSR count). The molecule has 1 unspecified atom stereocenters. The molecule has 0 aliphatic heterocycles. The minimum absolute atomic E-state index is 0.182. The van der Waals surface area contributed by atoms with Crippen molar-refractivity contribution in [3.8, 4) is 10.8 Å². The maximum atomic E-state index is 12.1. The lowest BCUT2D eigenvalue weighted by molar-refractivity contribution is -0.142. The van der Waals surface area contributed by atoms with Gasteiger partial charge in [-0.15, -0.1) is 11.3 Å². The van der Waals surface area contributed by atoms with Crippen LogP contribution >= 0.6 is 11.3 Å². The first-order chi connectivity index (χ1) is 9.79. The van der Waals surface area contributed by atoms with Crippen molar-refractivity contribution < 1.29 is 19.1 Å². The quantitative estimate of drug-likeness (QED) is 0.905. The third-order valence-corrected chi connectivity index (χ3v) is 3.71. The Morgan fingerprint density at radius 2 is 2.14 bits per heavy atom. The molecule has 0 radical (unpaired) electrons. The Morgan fingerprint density at radius 3 is 2.67 bits per heavy atom. The number of nitrogens with zero attached hydrogens (tertiary/aromatic N) is 1. The number of nitrogens with one attached hydrogen (secondary N) is 1. The second-order valence-corrected chi connectivity index (χ2v) is 6.48. The van der Waals surface area contributed by atoms with E-state index < -0.39 is 23.3 Å². The molecule has 1 atom stereocenters. The smallest absolute Gasteiger partial charge is 0.326 e. The summed E-state index contributed by atoms with van der Waals surface area (Å²) in [6.07, 6.45) is 1.52. The van der Waals surface area contributed by atoms with Gasteiger partial charge in [-0.2, -0.15) is 0 Å². The first kappa shape index (κ1) is 15.2. The van der Waals surface area contributed by atoms with E-state index in [1.54, 1.807) is 38.3 Å². The van der Waals surface area contributed by atoms with Crippen LogP contribution in [0.25, 0.3) is 10.8 Å². The predicted molar refractivity (Wildman–Crippen MR) is 78.2 cm³/mol. The Labute approximate surface area is 125 Å². The molecule has 2 N–H and O–H groups in total. The number of rotatable bonds is 4. The number of amides is 1. The van der Waals surface area contributed by atoms with Crippen LogP contribution in [-0.2, 0) is 4.79 Å². The third kappa shape index (κ3) is 3.49. The highest BCUT2D eigenvalue weighted by molar-refractivity contribution is 7.13. The maximum Gasteiger partial charge on any atom is 0.326 e. The lowest BCUT2D eigenvalue weighted by Gasteiger charge is -2.27. The van der Waals surface area contributed by atoms with Crippen molar-refractivity contribution in [3.05, 3.63) is 29.5 Å². The van der Waals surface area contributed by atoms with Gasteiger partial charge in [0.05, 0.1) is 6.26 Å². The summed E-state index contributed by atoms with van der Waals surface area (Å²) in [5.41, 5.74) is -0.414. The number of carboxylic acids is 1. The van der Waals surface area contributed by atoms with Crippen LogP contribution in [0.2, 0.25) is 0 Å². The molecule has 1 amide bonds. The predicted octanol–water partition coefficient (Wildman–Crippen LogP) is 2.63. The Balaban J connectivity index is 2.15. The largest absolute Gasteiger partial charge is 0.480 e. The highest BCUT2D eigenvalue weighted by Crippen LogP contribution is 2.24. The van der Waals surface area contributed by atoms with Gasteiger partial charge in [0.1, 0.15) is 11.7 Å². The van der Waals surface area contributed by atoms with Crippen LogP contribution in [0.4, 0.5) is 0 Å². The number of hydrogen-bond donors (Lipinski definition) is 2. The van der Waals surface area contributed by atoms with Gasteiger partial charge in [-0.05, 0) is 17.5 Å². The molecule has 6 nitrogen and oxygen atoms in total. The van der Waals surface area contributed by atoms with Gasteiger partial charge in [-0.25, -0.2) is 9.78 Å². The van der Waals surface area contributed by atoms with Crippen LogP contribution in [0.5, 0.6) is 0 Å². The zero-order valence-electron chi connectivity index (χ0n) is 11.9. The van der Waals surface area contributed by atoms with E-state index in [0.717, 1.165) is 0 Å². The zero-order chi connectivity index (χ0) is 15.6. The number of thiazole rings is 1. The normalized spacial score (nSPS) is 12.9. The molecule has 0 aliphatic rings. The zero-order valence-corrected chi connectivity index (χ0v) is 12.7. The summed E-state index contributed by atoms with van der Waals surface area (Å²) in [5, 5.41) is 13.9. The van der Waals surface area contributed by atoms with E-state index in [0.29, 0.717) is 10.8 Å². The summed E-state index contributed by atoms with van der Waals surface area (Å²) < 4.78 is 5.21. The Hall–Kier alpha value is -2.15. The fourth-order valence-electron chi connectivity index (χ4n) is 1.75. The summed E-state index contributed by atoms with van der Waals surface area (Å²) in [4.78, 5) is 27.6. The van der Waals surface area contributed by atoms with Gasteiger partial charge in [0.2, 0.25) is 0 Å². The molecule has 2 heterocycles. The second kappa shape index (κ2) is 5.69. The van der Waals surface area contributed by atoms with Crippen molar-refractivity contribution in [2.75, 3.05) is 0 Å². The minimum atomic E-state index is -1.07. The Bertz CT molecular complexity index is 640. The molecule has 0 spiro atoms. The van der Waals surface area contributed by atoms with Crippen molar-refractivity contribution in [2.24, 2.45) is 5.41 Å². The van der Waals surface area contributed by atoms with Crippen molar-refractivity contribution in [1.82, 2.24) is 10.3 Å². The van der Waals surface area contributed by atoms with E-state index in [1.165, 1.54) is 17.6 Å². The summed E-state index contributed by atoms with van der Waals surface area (Å²) in [6, 6.07) is 2.49. The first-order valence-corrected chi connectivity index (χ1v) is 7.20. The van der Waals surface area contributed by atoms with E-state index in [-0.39, 0.29) is 5.69 Å². The van der Waals surface area contributed by atoms with Crippen LogP contribution in [0.1, 0.15) is 31.3 Å². The van der Waals surface area contributed by atoms with Crippen molar-refractivity contribution >= 4 is 23.2 Å². The highest BCUT2D eigenvalue weighted by Gasteiger charge is 2.33. The summed E-state index contributed by atoms with van der Waals surface area (Å²) in [6.45, 7) is 5.25. The van der Waals surface area contributed by atoms with Gasteiger partial charge in [-0.3, -0.25) is 4.79 Å². The fraction of sp³-hybridized carbons (Fsp3) is 0.357. The van der Waals surface area contributed by atoms with Gasteiger partial charge in [0, 0.05) is 5.38 Å². The number of hydrogen-bond acceptors (Lipinski definition) is 5. The van der Waals surface area contributed by atoms with E-state index in [1.807, 2.05) is 0 Å². The number of carbonyl (C=O) groups is 2. The molecule has 112 valence electrons. The molecule has 21 heavy (non-hydrogen) atoms. The third-order valence-electron chi connectivity index (χ3n) is 2.86. The van der Waals surface area contributed by atoms with E-state index in [4.69, 9.17) is 4.42 Å². The average Bonchev–Trinajstić information content (AvgIpc) is 3.03. The van der Waals surface area contributed by atoms with Crippen molar-refractivity contribution in [3.63, 3.8) is 0 Å². The number of carboxylic acid groups (broad SMARTS) is 1. The first-order valence-electron chi connectivity index (χ1n) is 6.32. The monoisotopic (exact) mass is 308 g/mol. The number of furan rings is 1. The number of aliphatic carboxylic acids is 1. The average molecular weight is 308 g/mol. The molecular formula is C14H16N2O4S. The standard InChI is InChI=1S/C14H16N2O4S/c1-14(2,3)10(13(18)19)16-11(17)8-7-21-12(15-8)9-5-4-6-20-9/h4-7,10H,1-3H3,(H,16,17)(H,18,19). The summed E-state index contributed by atoms with van der Waals surface area (Å²) in [7, 11) is 0. The van der Waals surface area contributed by atoms with Crippen LogP contribution in [0, 0.1) is 5.41 Å². The van der Waals surface area contributed by atoms with Gasteiger partial charge >= 0.3 is 5.97 Å². The summed E-state index contributed by atoms with van der Waals surface area (Å²) in [5.74, 6) is -1.01. The summed E-state index contributed by atoms with van der Waals surface area (Å²) >= 11 is 1.27. The van der Waals surface area contributed by atoms with Gasteiger partial charge in [-0.1, -0.05) is 20.8 Å². The maximum absolute atomic E-state index is 12.1. The van der Waals surface area contributed by atoms with Gasteiger partial charge < -0.3 is 14.8 Å². The number of aromatic nitrogens is 1. The van der Waals surface area contributed by atoms with E-state index in [9.17, 15) is 14.7 Å². The van der Waals surface area contributed by atoms with Gasteiger partial charge in [0.15, 0.2) is 10.8 Å². The molecule has 7 heteroatoms. The molecular weight excluding hydrogens is 292 g/mol. The fourth-order valence-corrected chi connectivity index (χ4v) is 2.51. The highest BCUT2D eigenvalue weighted by atomic mass is 32.1. The van der Waals surface area contributed by atoms with Crippen molar-refractivity contribution in [1.29, 1.82) is 0 Å². The molecule has 0 fully saturated rings. The van der Waals surface area contributed by atoms with Crippen LogP contribution in [0.15, 0.2) is 28.2 Å². The topological polar surface area (TPSA) is 92.4 Å². The molecule has 0 aliphatic carbocycles. The molecule has 2 aromatic rings. The lowest BCUT2D eigenvalue weighted by atomic mass is 9.87. The van der Waals surface area contributed by atoms with Crippen molar-refractivity contribution in [2.45, 2.75) is 26.8 Å². The van der Waals surface area contributed by atoms with Gasteiger partial charge in [0.25, 0.3) is 5.91 Å². The molecule has 0 saturated heterocycles. The SMILES string of the molecule is CC(C)(C)C(NC(=O)c1csc(-c2ccco2)n1)C(=O)O. The van der Waals surface area contributed by atoms with Crippen LogP contribution in [-0.4, -0.2) is 28.0 Å². The second-order valence-electron chi connectivity index (χ2n) is 5.63. The molecule has 2 aromatic heterocycles. The lowest BCUT2D eigenvalue weighted by Crippen LogP contribution is -2.49. The minimum Gasteiger partial charge on any atom is -0.480 e. The Kier molecular flexibility index (Phi) is 4.13. The van der Waals surface area contributed by atoms with E-state index in [2.05, 4.69) is 10.3 Å². The van der Waals surface area contributed by atoms with E-state index >= 15 is 0 Å².